The molecule has 0 aliphatic heterocycles. The van der Waals surface area contributed by atoms with Gasteiger partial charge in [0, 0.05) is 6.42 Å². The predicted octanol–water partition coefficient (Wildman–Crippen LogP) is 2.10. The van der Waals surface area contributed by atoms with E-state index in [-0.39, 0.29) is 18.6 Å². The summed E-state index contributed by atoms with van der Waals surface area (Å²) in [6, 6.07) is 0. The second-order valence-corrected chi connectivity index (χ2v) is 5.57. The second-order valence-electron chi connectivity index (χ2n) is 4.51. The SMILES string of the molecule is CC(C)Cc1nnc(NC(=O)COC(C)C)s1. The minimum Gasteiger partial charge on any atom is -0.369 e. The zero-order valence-electron chi connectivity index (χ0n) is 10.7. The number of ether oxygens (including phenoxy) is 1. The molecule has 0 spiro atoms. The van der Waals surface area contributed by atoms with Gasteiger partial charge in [-0.3, -0.25) is 10.1 Å². The Morgan fingerprint density at radius 3 is 2.65 bits per heavy atom. The molecule has 96 valence electrons. The Hall–Kier alpha value is -1.01. The number of carbonyl (C=O) groups excluding carboxylic acids is 1. The summed E-state index contributed by atoms with van der Waals surface area (Å²) in [5.41, 5.74) is 0. The van der Waals surface area contributed by atoms with E-state index in [1.807, 2.05) is 13.8 Å². The standard InChI is InChI=1S/C11H19N3O2S/c1-7(2)5-10-13-14-11(17-10)12-9(15)6-16-8(3)4/h7-8H,5-6H2,1-4H3,(H,12,14,15). The van der Waals surface area contributed by atoms with Crippen LogP contribution in [0.5, 0.6) is 0 Å². The Balaban J connectivity index is 2.40. The maximum Gasteiger partial charge on any atom is 0.252 e. The molecule has 1 amide bonds. The summed E-state index contributed by atoms with van der Waals surface area (Å²) in [5, 5.41) is 12.1. The van der Waals surface area contributed by atoms with Gasteiger partial charge in [0.15, 0.2) is 0 Å². The lowest BCUT2D eigenvalue weighted by atomic mass is 10.1. The van der Waals surface area contributed by atoms with Gasteiger partial charge in [0.25, 0.3) is 5.91 Å². The van der Waals surface area contributed by atoms with E-state index < -0.39 is 0 Å². The van der Waals surface area contributed by atoms with Crippen molar-refractivity contribution in [1.29, 1.82) is 0 Å². The number of amides is 1. The number of nitrogens with zero attached hydrogens (tertiary/aromatic N) is 2. The van der Waals surface area contributed by atoms with Crippen molar-refractivity contribution in [3.63, 3.8) is 0 Å². The van der Waals surface area contributed by atoms with E-state index >= 15 is 0 Å². The maximum atomic E-state index is 11.5. The van der Waals surface area contributed by atoms with Crippen LogP contribution in [0.15, 0.2) is 0 Å². The summed E-state index contributed by atoms with van der Waals surface area (Å²) >= 11 is 1.41. The summed E-state index contributed by atoms with van der Waals surface area (Å²) in [5.74, 6) is 0.349. The fourth-order valence-electron chi connectivity index (χ4n) is 1.13. The fraction of sp³-hybridized carbons (Fsp3) is 0.727. The van der Waals surface area contributed by atoms with E-state index in [0.29, 0.717) is 11.0 Å². The van der Waals surface area contributed by atoms with Crippen molar-refractivity contribution in [1.82, 2.24) is 10.2 Å². The van der Waals surface area contributed by atoms with Crippen LogP contribution in [0.4, 0.5) is 5.13 Å². The lowest BCUT2D eigenvalue weighted by Gasteiger charge is -2.05. The summed E-state index contributed by atoms with van der Waals surface area (Å²) < 4.78 is 5.19. The molecule has 0 atom stereocenters. The smallest absolute Gasteiger partial charge is 0.252 e. The van der Waals surface area contributed by atoms with Crippen LogP contribution >= 0.6 is 11.3 Å². The van der Waals surface area contributed by atoms with Gasteiger partial charge in [-0.1, -0.05) is 25.2 Å². The Kier molecular flexibility index (Phi) is 5.50. The van der Waals surface area contributed by atoms with Crippen LogP contribution < -0.4 is 5.32 Å². The van der Waals surface area contributed by atoms with Crippen molar-refractivity contribution in [2.75, 3.05) is 11.9 Å². The van der Waals surface area contributed by atoms with E-state index in [1.54, 1.807) is 0 Å². The van der Waals surface area contributed by atoms with E-state index in [1.165, 1.54) is 11.3 Å². The van der Waals surface area contributed by atoms with E-state index in [9.17, 15) is 4.79 Å². The molecular weight excluding hydrogens is 238 g/mol. The highest BCUT2D eigenvalue weighted by Gasteiger charge is 2.09. The zero-order chi connectivity index (χ0) is 12.8. The molecule has 1 heterocycles. The first-order valence-corrected chi connectivity index (χ1v) is 6.53. The molecule has 0 fully saturated rings. The lowest BCUT2D eigenvalue weighted by Crippen LogP contribution is -2.20. The molecular formula is C11H19N3O2S. The van der Waals surface area contributed by atoms with E-state index in [2.05, 4.69) is 29.4 Å². The van der Waals surface area contributed by atoms with Gasteiger partial charge in [0.05, 0.1) is 6.10 Å². The average molecular weight is 257 g/mol. The molecule has 17 heavy (non-hydrogen) atoms. The minimum absolute atomic E-state index is 0.0478. The third-order valence-corrected chi connectivity index (χ3v) is 2.70. The molecule has 0 bridgehead atoms. The van der Waals surface area contributed by atoms with Crippen molar-refractivity contribution >= 4 is 22.4 Å². The number of rotatable bonds is 6. The number of nitrogens with one attached hydrogen (secondary N) is 1. The molecule has 6 heteroatoms. The highest BCUT2D eigenvalue weighted by atomic mass is 32.1. The number of carbonyl (C=O) groups is 1. The number of hydrogen-bond donors (Lipinski definition) is 1. The molecule has 0 radical (unpaired) electrons. The van der Waals surface area contributed by atoms with Gasteiger partial charge in [-0.25, -0.2) is 0 Å². The molecule has 1 aromatic rings. The fourth-order valence-corrected chi connectivity index (χ4v) is 2.10. The molecule has 0 unspecified atom stereocenters. The van der Waals surface area contributed by atoms with E-state index in [4.69, 9.17) is 4.74 Å². The van der Waals surface area contributed by atoms with Gasteiger partial charge < -0.3 is 4.74 Å². The third kappa shape index (κ3) is 5.74. The minimum atomic E-state index is -0.189. The second kappa shape index (κ2) is 6.66. The third-order valence-electron chi connectivity index (χ3n) is 1.84. The first-order valence-electron chi connectivity index (χ1n) is 5.71. The summed E-state index contributed by atoms with van der Waals surface area (Å²) in [7, 11) is 0. The molecule has 0 aliphatic carbocycles. The van der Waals surface area contributed by atoms with Crippen LogP contribution in [0.2, 0.25) is 0 Å². The molecule has 0 saturated heterocycles. The van der Waals surface area contributed by atoms with Gasteiger partial charge >= 0.3 is 0 Å². The van der Waals surface area contributed by atoms with Crippen LogP contribution in [0.1, 0.15) is 32.7 Å². The molecule has 0 aliphatic rings. The van der Waals surface area contributed by atoms with Crippen molar-refractivity contribution in [3.05, 3.63) is 5.01 Å². The van der Waals surface area contributed by atoms with Crippen LogP contribution in [-0.2, 0) is 16.0 Å². The highest BCUT2D eigenvalue weighted by molar-refractivity contribution is 7.15. The van der Waals surface area contributed by atoms with Crippen molar-refractivity contribution in [2.45, 2.75) is 40.2 Å². The summed E-state index contributed by atoms with van der Waals surface area (Å²) in [4.78, 5) is 11.5. The molecule has 5 nitrogen and oxygen atoms in total. The van der Waals surface area contributed by atoms with E-state index in [0.717, 1.165) is 11.4 Å². The molecule has 1 aromatic heterocycles. The van der Waals surface area contributed by atoms with Crippen LogP contribution in [0, 0.1) is 5.92 Å². The Morgan fingerprint density at radius 1 is 1.35 bits per heavy atom. The quantitative estimate of drug-likeness (QED) is 0.847. The van der Waals surface area contributed by atoms with Crippen molar-refractivity contribution in [3.8, 4) is 0 Å². The van der Waals surface area contributed by atoms with Gasteiger partial charge in [-0.15, -0.1) is 10.2 Å². The summed E-state index contributed by atoms with van der Waals surface area (Å²) in [6.07, 6.45) is 0.933. The van der Waals surface area contributed by atoms with Crippen LogP contribution in [-0.4, -0.2) is 28.8 Å². The predicted molar refractivity (Wildman–Crippen MR) is 68.2 cm³/mol. The van der Waals surface area contributed by atoms with Gasteiger partial charge in [0.2, 0.25) is 5.13 Å². The van der Waals surface area contributed by atoms with Gasteiger partial charge in [0.1, 0.15) is 11.6 Å². The summed E-state index contributed by atoms with van der Waals surface area (Å²) in [6.45, 7) is 8.07. The molecule has 0 aromatic carbocycles. The first-order chi connectivity index (χ1) is 7.97. The topological polar surface area (TPSA) is 64.1 Å². The van der Waals surface area contributed by atoms with Crippen molar-refractivity contribution < 1.29 is 9.53 Å². The normalized spacial score (nSPS) is 11.2. The number of anilines is 1. The Morgan fingerprint density at radius 2 is 2.06 bits per heavy atom. The largest absolute Gasteiger partial charge is 0.369 e. The van der Waals surface area contributed by atoms with Crippen molar-refractivity contribution in [2.24, 2.45) is 5.92 Å². The highest BCUT2D eigenvalue weighted by Crippen LogP contribution is 2.17. The monoisotopic (exact) mass is 257 g/mol. The Bertz CT molecular complexity index is 363. The van der Waals surface area contributed by atoms with Crippen LogP contribution in [0.3, 0.4) is 0 Å². The van der Waals surface area contributed by atoms with Crippen LogP contribution in [0.25, 0.3) is 0 Å². The number of aromatic nitrogens is 2. The maximum absolute atomic E-state index is 11.5. The Labute approximate surface area is 106 Å². The van der Waals surface area contributed by atoms with Gasteiger partial charge in [-0.2, -0.15) is 0 Å². The lowest BCUT2D eigenvalue weighted by molar-refractivity contribution is -0.121. The number of hydrogen-bond acceptors (Lipinski definition) is 5. The first kappa shape index (κ1) is 14.1. The average Bonchev–Trinajstić information content (AvgIpc) is 2.61. The zero-order valence-corrected chi connectivity index (χ0v) is 11.5. The molecule has 1 rings (SSSR count). The van der Waals surface area contributed by atoms with Gasteiger partial charge in [-0.05, 0) is 19.8 Å². The molecule has 1 N–H and O–H groups in total. The molecule has 0 saturated carbocycles.